The van der Waals surface area contributed by atoms with Gasteiger partial charge in [0.25, 0.3) is 0 Å². The molecule has 4 nitrogen and oxygen atoms in total. The lowest BCUT2D eigenvalue weighted by molar-refractivity contribution is 0.104. The molecule has 2 aromatic rings. The van der Waals surface area contributed by atoms with E-state index < -0.39 is 0 Å². The summed E-state index contributed by atoms with van der Waals surface area (Å²) in [6, 6.07) is 5.38. The first-order valence-electron chi connectivity index (χ1n) is 5.94. The van der Waals surface area contributed by atoms with Gasteiger partial charge in [0, 0.05) is 6.20 Å². The van der Waals surface area contributed by atoms with Gasteiger partial charge in [-0.1, -0.05) is 0 Å². The van der Waals surface area contributed by atoms with Gasteiger partial charge >= 0.3 is 0 Å². The van der Waals surface area contributed by atoms with Gasteiger partial charge in [-0.2, -0.15) is 0 Å². The first-order valence-corrected chi connectivity index (χ1v) is 5.94. The van der Waals surface area contributed by atoms with Crippen LogP contribution in [0.4, 0.5) is 0 Å². The van der Waals surface area contributed by atoms with Crippen LogP contribution >= 0.6 is 0 Å². The summed E-state index contributed by atoms with van der Waals surface area (Å²) >= 11 is 0. The Hall–Kier alpha value is -2.36. The zero-order valence-electron chi connectivity index (χ0n) is 11.0. The van der Waals surface area contributed by atoms with Crippen molar-refractivity contribution in [3.8, 4) is 22.8 Å². The van der Waals surface area contributed by atoms with Crippen LogP contribution in [0.2, 0.25) is 0 Å². The van der Waals surface area contributed by atoms with Crippen molar-refractivity contribution in [3.63, 3.8) is 0 Å². The number of pyridine rings is 1. The molecule has 0 aliphatic heterocycles. The average Bonchev–Trinajstić information content (AvgIpc) is 2.74. The summed E-state index contributed by atoms with van der Waals surface area (Å²) in [7, 11) is 3.14. The number of carbonyl (C=O) groups is 1. The zero-order valence-corrected chi connectivity index (χ0v) is 11.0. The summed E-state index contributed by atoms with van der Waals surface area (Å²) in [5.74, 6) is 1.14. The zero-order chi connectivity index (χ0) is 13.6. The summed E-state index contributed by atoms with van der Waals surface area (Å²) in [6.45, 7) is 1.91. The van der Waals surface area contributed by atoms with Gasteiger partial charge in [0.15, 0.2) is 5.78 Å². The van der Waals surface area contributed by atoms with Gasteiger partial charge in [-0.15, -0.1) is 0 Å². The highest BCUT2D eigenvalue weighted by atomic mass is 16.5. The molecule has 0 atom stereocenters. The van der Waals surface area contributed by atoms with Crippen molar-refractivity contribution in [2.75, 3.05) is 14.2 Å². The number of ether oxygens (including phenoxy) is 2. The number of carbonyl (C=O) groups excluding carboxylic acids is 1. The number of fused-ring (bicyclic) bond motifs is 3. The number of ketones is 1. The Bertz CT molecular complexity index is 692. The van der Waals surface area contributed by atoms with Crippen molar-refractivity contribution in [3.05, 3.63) is 41.1 Å². The molecule has 0 unspecified atom stereocenters. The molecular formula is C15H13NO3. The van der Waals surface area contributed by atoms with E-state index in [1.54, 1.807) is 32.5 Å². The van der Waals surface area contributed by atoms with Gasteiger partial charge in [0.05, 0.1) is 36.6 Å². The largest absolute Gasteiger partial charge is 0.496 e. The molecule has 1 aromatic heterocycles. The lowest BCUT2D eigenvalue weighted by Gasteiger charge is -2.10. The van der Waals surface area contributed by atoms with Crippen molar-refractivity contribution >= 4 is 5.78 Å². The maximum Gasteiger partial charge on any atom is 0.200 e. The summed E-state index contributed by atoms with van der Waals surface area (Å²) in [5.41, 5.74) is 3.50. The van der Waals surface area contributed by atoms with E-state index in [0.29, 0.717) is 28.3 Å². The normalized spacial score (nSPS) is 12.1. The Kier molecular flexibility index (Phi) is 2.52. The van der Waals surface area contributed by atoms with Crippen LogP contribution in [0.3, 0.4) is 0 Å². The summed E-state index contributed by atoms with van der Waals surface area (Å²) in [6.07, 6.45) is 1.70. The molecule has 96 valence electrons. The van der Waals surface area contributed by atoms with Crippen LogP contribution in [0.1, 0.15) is 21.5 Å². The number of rotatable bonds is 2. The summed E-state index contributed by atoms with van der Waals surface area (Å²) in [4.78, 5) is 16.9. The van der Waals surface area contributed by atoms with Crippen LogP contribution in [0, 0.1) is 6.92 Å². The monoisotopic (exact) mass is 255 g/mol. The highest BCUT2D eigenvalue weighted by Gasteiger charge is 2.35. The van der Waals surface area contributed by atoms with Crippen molar-refractivity contribution in [2.24, 2.45) is 0 Å². The molecule has 3 rings (SSSR count). The third kappa shape index (κ3) is 1.46. The predicted octanol–water partition coefficient (Wildman–Crippen LogP) is 2.62. The minimum atomic E-state index is -0.0497. The third-order valence-corrected chi connectivity index (χ3v) is 3.42. The standard InChI is InChI=1S/C15H13NO3/c1-8-6-7-16-14-11(8)15(17)13-10(19-3)5-4-9(18-2)12(13)14/h4-7H,1-3H3. The van der Waals surface area contributed by atoms with Crippen LogP contribution in [-0.2, 0) is 0 Å². The molecule has 0 saturated heterocycles. The van der Waals surface area contributed by atoms with Crippen LogP contribution < -0.4 is 9.47 Å². The highest BCUT2D eigenvalue weighted by Crippen LogP contribution is 2.46. The molecule has 0 spiro atoms. The van der Waals surface area contributed by atoms with E-state index in [1.165, 1.54) is 0 Å². The Morgan fingerprint density at radius 2 is 1.58 bits per heavy atom. The van der Waals surface area contributed by atoms with Crippen molar-refractivity contribution in [2.45, 2.75) is 6.92 Å². The van der Waals surface area contributed by atoms with Crippen molar-refractivity contribution in [1.29, 1.82) is 0 Å². The third-order valence-electron chi connectivity index (χ3n) is 3.42. The van der Waals surface area contributed by atoms with E-state index in [4.69, 9.17) is 9.47 Å². The van der Waals surface area contributed by atoms with Gasteiger partial charge in [0.1, 0.15) is 11.5 Å². The van der Waals surface area contributed by atoms with Gasteiger partial charge in [-0.05, 0) is 30.7 Å². The van der Waals surface area contributed by atoms with E-state index in [1.807, 2.05) is 13.0 Å². The fourth-order valence-electron chi connectivity index (χ4n) is 2.52. The number of aromatic nitrogens is 1. The smallest absolute Gasteiger partial charge is 0.200 e. The lowest BCUT2D eigenvalue weighted by Crippen LogP contribution is -2.01. The van der Waals surface area contributed by atoms with E-state index in [0.717, 1.165) is 11.1 Å². The van der Waals surface area contributed by atoms with Crippen LogP contribution in [-0.4, -0.2) is 25.0 Å². The van der Waals surface area contributed by atoms with E-state index in [-0.39, 0.29) is 5.78 Å². The summed E-state index contributed by atoms with van der Waals surface area (Å²) in [5, 5.41) is 0. The summed E-state index contributed by atoms with van der Waals surface area (Å²) < 4.78 is 10.6. The highest BCUT2D eigenvalue weighted by molar-refractivity contribution is 6.24. The Morgan fingerprint density at radius 3 is 2.21 bits per heavy atom. The van der Waals surface area contributed by atoms with Crippen molar-refractivity contribution in [1.82, 2.24) is 4.98 Å². The van der Waals surface area contributed by atoms with Gasteiger partial charge < -0.3 is 9.47 Å². The average molecular weight is 255 g/mol. The minimum Gasteiger partial charge on any atom is -0.496 e. The second-order valence-electron chi connectivity index (χ2n) is 4.40. The molecule has 1 heterocycles. The van der Waals surface area contributed by atoms with Crippen LogP contribution in [0.25, 0.3) is 11.3 Å². The SMILES string of the molecule is COc1ccc(OC)c2c1C(=O)c1c(C)ccnc1-2. The number of hydrogen-bond acceptors (Lipinski definition) is 4. The predicted molar refractivity (Wildman–Crippen MR) is 70.9 cm³/mol. The number of methoxy groups -OCH3 is 2. The molecule has 0 N–H and O–H groups in total. The van der Waals surface area contributed by atoms with E-state index in [9.17, 15) is 4.79 Å². The first-order chi connectivity index (χ1) is 9.19. The molecule has 0 fully saturated rings. The Labute approximate surface area is 111 Å². The molecule has 0 saturated carbocycles. The van der Waals surface area contributed by atoms with Gasteiger partial charge in [0.2, 0.25) is 0 Å². The molecule has 1 aliphatic carbocycles. The molecule has 1 aliphatic rings. The molecule has 0 radical (unpaired) electrons. The van der Waals surface area contributed by atoms with Gasteiger partial charge in [-0.25, -0.2) is 0 Å². The van der Waals surface area contributed by atoms with Crippen LogP contribution in [0.15, 0.2) is 24.4 Å². The van der Waals surface area contributed by atoms with Crippen molar-refractivity contribution < 1.29 is 14.3 Å². The van der Waals surface area contributed by atoms with E-state index >= 15 is 0 Å². The quantitative estimate of drug-likeness (QED) is 0.706. The number of hydrogen-bond donors (Lipinski definition) is 0. The first kappa shape index (κ1) is 11.7. The second kappa shape index (κ2) is 4.09. The maximum absolute atomic E-state index is 12.6. The fraction of sp³-hybridized carbons (Fsp3) is 0.200. The minimum absolute atomic E-state index is 0.0497. The molecule has 19 heavy (non-hydrogen) atoms. The Balaban J connectivity index is 2.42. The van der Waals surface area contributed by atoms with Gasteiger partial charge in [-0.3, -0.25) is 9.78 Å². The van der Waals surface area contributed by atoms with E-state index in [2.05, 4.69) is 4.98 Å². The number of aryl methyl sites for hydroxylation is 1. The lowest BCUT2D eigenvalue weighted by atomic mass is 10.1. The number of benzene rings is 1. The molecular weight excluding hydrogens is 242 g/mol. The fourth-order valence-corrected chi connectivity index (χ4v) is 2.52. The number of nitrogens with zero attached hydrogens (tertiary/aromatic N) is 1. The molecule has 0 amide bonds. The second-order valence-corrected chi connectivity index (χ2v) is 4.40. The molecule has 4 heteroatoms. The molecule has 0 bridgehead atoms. The topological polar surface area (TPSA) is 48.4 Å². The van der Waals surface area contributed by atoms with Crippen LogP contribution in [0.5, 0.6) is 11.5 Å². The molecule has 1 aromatic carbocycles. The Morgan fingerprint density at radius 1 is 0.947 bits per heavy atom. The maximum atomic E-state index is 12.6.